The van der Waals surface area contributed by atoms with Crippen LogP contribution in [0.1, 0.15) is 18.1 Å². The highest BCUT2D eigenvalue weighted by Crippen LogP contribution is 2.42. The van der Waals surface area contributed by atoms with E-state index in [0.717, 1.165) is 30.0 Å². The summed E-state index contributed by atoms with van der Waals surface area (Å²) in [6.07, 6.45) is 0.724. The normalized spacial score (nSPS) is 13.7. The van der Waals surface area contributed by atoms with Crippen LogP contribution in [0.15, 0.2) is 42.5 Å². The van der Waals surface area contributed by atoms with E-state index in [9.17, 15) is 0 Å². The van der Waals surface area contributed by atoms with Crippen molar-refractivity contribution in [3.63, 3.8) is 0 Å². The maximum absolute atomic E-state index is 6.24. The van der Waals surface area contributed by atoms with Crippen LogP contribution in [-0.2, 0) is 0 Å². The molecular weight excluding hydrogens is 294 g/mol. The summed E-state index contributed by atoms with van der Waals surface area (Å²) in [4.78, 5) is 0. The molecule has 1 unspecified atom stereocenters. The number of benzene rings is 2. The second-order valence-corrected chi connectivity index (χ2v) is 5.27. The number of rotatable bonds is 7. The third-order valence-electron chi connectivity index (χ3n) is 3.75. The van der Waals surface area contributed by atoms with Crippen LogP contribution in [0.4, 0.5) is 0 Å². The topological polar surface area (TPSA) is 49.0 Å². The monoisotopic (exact) mass is 315 g/mol. The van der Waals surface area contributed by atoms with Gasteiger partial charge in [-0.2, -0.15) is 0 Å². The lowest BCUT2D eigenvalue weighted by atomic mass is 10.1. The Kier molecular flexibility index (Phi) is 4.88. The first kappa shape index (κ1) is 15.5. The largest absolute Gasteiger partial charge is 0.497 e. The van der Waals surface area contributed by atoms with Gasteiger partial charge in [-0.05, 0) is 43.4 Å². The standard InChI is InChI=1S/C18H21NO4/c1-19-10-9-15(13-5-3-6-14(11-13)20-2)23-17-8-4-7-16-18(17)22-12-21-16/h3-8,11,15,19H,9-10,12H2,1-2H3. The summed E-state index contributed by atoms with van der Waals surface area (Å²) in [6.45, 7) is 1.07. The third-order valence-corrected chi connectivity index (χ3v) is 3.75. The maximum Gasteiger partial charge on any atom is 0.231 e. The van der Waals surface area contributed by atoms with E-state index < -0.39 is 0 Å². The van der Waals surface area contributed by atoms with E-state index in [1.807, 2.05) is 49.5 Å². The van der Waals surface area contributed by atoms with Gasteiger partial charge in [0.25, 0.3) is 0 Å². The Hall–Kier alpha value is -2.40. The van der Waals surface area contributed by atoms with Crippen LogP contribution >= 0.6 is 0 Å². The van der Waals surface area contributed by atoms with Gasteiger partial charge in [0.2, 0.25) is 12.5 Å². The molecule has 1 heterocycles. The van der Waals surface area contributed by atoms with Crippen molar-refractivity contribution < 1.29 is 18.9 Å². The number of para-hydroxylation sites is 1. The van der Waals surface area contributed by atoms with Crippen LogP contribution in [0.3, 0.4) is 0 Å². The molecule has 0 amide bonds. The maximum atomic E-state index is 6.24. The van der Waals surface area contributed by atoms with Gasteiger partial charge in [-0.3, -0.25) is 0 Å². The van der Waals surface area contributed by atoms with E-state index >= 15 is 0 Å². The van der Waals surface area contributed by atoms with Crippen LogP contribution in [0.2, 0.25) is 0 Å². The van der Waals surface area contributed by atoms with E-state index in [1.165, 1.54) is 0 Å². The highest BCUT2D eigenvalue weighted by Gasteiger charge is 2.22. The Balaban J connectivity index is 1.86. The average molecular weight is 315 g/mol. The lowest BCUT2D eigenvalue weighted by Crippen LogP contribution is -2.16. The predicted octanol–water partition coefficient (Wildman–Crippen LogP) is 3.15. The van der Waals surface area contributed by atoms with Gasteiger partial charge in [0.15, 0.2) is 11.5 Å². The van der Waals surface area contributed by atoms with Crippen LogP contribution in [0.5, 0.6) is 23.0 Å². The summed E-state index contributed by atoms with van der Waals surface area (Å²) in [5, 5.41) is 3.17. The van der Waals surface area contributed by atoms with Crippen molar-refractivity contribution in [2.75, 3.05) is 27.5 Å². The van der Waals surface area contributed by atoms with Crippen LogP contribution in [-0.4, -0.2) is 27.5 Å². The molecule has 0 saturated heterocycles. The lowest BCUT2D eigenvalue weighted by Gasteiger charge is -2.21. The second kappa shape index (κ2) is 7.24. The molecule has 122 valence electrons. The minimum atomic E-state index is -0.103. The van der Waals surface area contributed by atoms with Gasteiger partial charge in [-0.1, -0.05) is 18.2 Å². The van der Waals surface area contributed by atoms with Crippen LogP contribution in [0.25, 0.3) is 0 Å². The van der Waals surface area contributed by atoms with E-state index in [-0.39, 0.29) is 12.9 Å². The number of hydrogen-bond donors (Lipinski definition) is 1. The zero-order chi connectivity index (χ0) is 16.1. The van der Waals surface area contributed by atoms with Gasteiger partial charge in [-0.25, -0.2) is 0 Å². The number of methoxy groups -OCH3 is 1. The van der Waals surface area contributed by atoms with Crippen molar-refractivity contribution in [3.8, 4) is 23.0 Å². The molecule has 2 aromatic rings. The average Bonchev–Trinajstić information content (AvgIpc) is 3.08. The predicted molar refractivity (Wildman–Crippen MR) is 87.5 cm³/mol. The number of ether oxygens (including phenoxy) is 4. The quantitative estimate of drug-likeness (QED) is 0.850. The molecule has 3 rings (SSSR count). The molecule has 0 aliphatic carbocycles. The zero-order valence-corrected chi connectivity index (χ0v) is 13.4. The third kappa shape index (κ3) is 3.51. The van der Waals surface area contributed by atoms with Crippen LogP contribution in [0, 0.1) is 0 Å². The van der Waals surface area contributed by atoms with Gasteiger partial charge >= 0.3 is 0 Å². The molecule has 5 nitrogen and oxygen atoms in total. The van der Waals surface area contributed by atoms with Crippen molar-refractivity contribution in [2.24, 2.45) is 0 Å². The molecular formula is C18H21NO4. The smallest absolute Gasteiger partial charge is 0.231 e. The molecule has 0 spiro atoms. The molecule has 5 heteroatoms. The minimum Gasteiger partial charge on any atom is -0.497 e. The molecule has 0 radical (unpaired) electrons. The molecule has 1 N–H and O–H groups in total. The fourth-order valence-electron chi connectivity index (χ4n) is 2.56. The van der Waals surface area contributed by atoms with Crippen molar-refractivity contribution in [2.45, 2.75) is 12.5 Å². The lowest BCUT2D eigenvalue weighted by molar-refractivity contribution is 0.158. The van der Waals surface area contributed by atoms with Crippen molar-refractivity contribution in [3.05, 3.63) is 48.0 Å². The molecule has 1 aliphatic rings. The Labute approximate surface area is 136 Å². The molecule has 23 heavy (non-hydrogen) atoms. The summed E-state index contributed by atoms with van der Waals surface area (Å²) in [5.74, 6) is 2.91. The molecule has 0 aromatic heterocycles. The molecule has 1 aliphatic heterocycles. The van der Waals surface area contributed by atoms with E-state index in [0.29, 0.717) is 11.5 Å². The Morgan fingerprint density at radius 2 is 2.04 bits per heavy atom. The summed E-state index contributed by atoms with van der Waals surface area (Å²) < 4.78 is 22.5. The van der Waals surface area contributed by atoms with Gasteiger partial charge in [0.1, 0.15) is 11.9 Å². The number of hydrogen-bond acceptors (Lipinski definition) is 5. The number of nitrogens with one attached hydrogen (secondary N) is 1. The summed E-state index contributed by atoms with van der Waals surface area (Å²) in [6, 6.07) is 13.6. The Bertz CT molecular complexity index is 659. The highest BCUT2D eigenvalue weighted by molar-refractivity contribution is 5.52. The van der Waals surface area contributed by atoms with Crippen molar-refractivity contribution in [1.29, 1.82) is 0 Å². The molecule has 0 bridgehead atoms. The Morgan fingerprint density at radius 1 is 1.17 bits per heavy atom. The molecule has 1 atom stereocenters. The van der Waals surface area contributed by atoms with Gasteiger partial charge < -0.3 is 24.3 Å². The first-order chi connectivity index (χ1) is 11.3. The van der Waals surface area contributed by atoms with Gasteiger partial charge in [-0.15, -0.1) is 0 Å². The van der Waals surface area contributed by atoms with Crippen LogP contribution < -0.4 is 24.3 Å². The fraction of sp³-hybridized carbons (Fsp3) is 0.333. The van der Waals surface area contributed by atoms with Crippen molar-refractivity contribution >= 4 is 0 Å². The molecule has 2 aromatic carbocycles. The first-order valence-electron chi connectivity index (χ1n) is 7.65. The van der Waals surface area contributed by atoms with Gasteiger partial charge in [0, 0.05) is 6.42 Å². The van der Waals surface area contributed by atoms with Crippen molar-refractivity contribution in [1.82, 2.24) is 5.32 Å². The SMILES string of the molecule is CNCCC(Oc1cccc2c1OCO2)c1cccc(OC)c1. The highest BCUT2D eigenvalue weighted by atomic mass is 16.7. The summed E-state index contributed by atoms with van der Waals surface area (Å²) in [5.41, 5.74) is 1.07. The van der Waals surface area contributed by atoms with E-state index in [1.54, 1.807) is 7.11 Å². The first-order valence-corrected chi connectivity index (χ1v) is 7.65. The fourth-order valence-corrected chi connectivity index (χ4v) is 2.56. The summed E-state index contributed by atoms with van der Waals surface area (Å²) >= 11 is 0. The second-order valence-electron chi connectivity index (χ2n) is 5.27. The summed E-state index contributed by atoms with van der Waals surface area (Å²) in [7, 11) is 3.59. The van der Waals surface area contributed by atoms with Gasteiger partial charge in [0.05, 0.1) is 7.11 Å². The van der Waals surface area contributed by atoms with E-state index in [2.05, 4.69) is 5.32 Å². The molecule has 0 fully saturated rings. The Morgan fingerprint density at radius 3 is 2.87 bits per heavy atom. The minimum absolute atomic E-state index is 0.103. The zero-order valence-electron chi connectivity index (χ0n) is 13.4. The van der Waals surface area contributed by atoms with E-state index in [4.69, 9.17) is 18.9 Å². The molecule has 0 saturated carbocycles. The number of fused-ring (bicyclic) bond motifs is 1.